The predicted molar refractivity (Wildman–Crippen MR) is 105 cm³/mol. The normalized spacial score (nSPS) is 15.9. The quantitative estimate of drug-likeness (QED) is 0.379. The van der Waals surface area contributed by atoms with Crippen LogP contribution in [0, 0.1) is 24.3 Å². The molecule has 4 aliphatic rings. The van der Waals surface area contributed by atoms with Crippen LogP contribution in [0.25, 0.3) is 0 Å². The molecule has 0 saturated carbocycles. The molecule has 0 aromatic rings. The molecule has 0 fully saturated rings. The number of hydrogen-bond donors (Lipinski definition) is 0. The molecule has 0 amide bonds. The van der Waals surface area contributed by atoms with E-state index in [2.05, 4.69) is 101 Å². The molecule has 0 heterocycles. The van der Waals surface area contributed by atoms with Crippen molar-refractivity contribution in [1.82, 2.24) is 0 Å². The largest absolute Gasteiger partial charge is 2.00 e. The van der Waals surface area contributed by atoms with Gasteiger partial charge in [-0.25, -0.2) is 46.6 Å². The fraction of sp³-hybridized carbons (Fsp3) is 0.333. The zero-order chi connectivity index (χ0) is 17.6. The maximum Gasteiger partial charge on any atom is 2.00 e. The monoisotopic (exact) mass is 566 g/mol. The Balaban J connectivity index is -0.000000131. The van der Waals surface area contributed by atoms with Gasteiger partial charge in [-0.3, -0.25) is 24.3 Å². The summed E-state index contributed by atoms with van der Waals surface area (Å²) in [6.07, 6.45) is 33.3. The Hall–Kier alpha value is 0.266. The molecular weight excluding hydrogens is 542 g/mol. The molecule has 0 atom stereocenters. The Kier molecular flexibility index (Phi) is 30.0. The van der Waals surface area contributed by atoms with Crippen molar-refractivity contribution in [2.75, 3.05) is 0 Å². The van der Waals surface area contributed by atoms with E-state index in [-0.39, 0.29) is 77.2 Å². The first-order valence-corrected chi connectivity index (χ1v) is 8.54. The summed E-state index contributed by atoms with van der Waals surface area (Å²) in [6.45, 7) is 8.24. The van der Waals surface area contributed by atoms with Crippen molar-refractivity contribution in [3.05, 3.63) is 95.2 Å². The first kappa shape index (κ1) is 35.7. The molecule has 28 heavy (non-hydrogen) atoms. The standard InChI is InChI=1S/4C6H7.2ClH.2Zr/c4*1-6-4-2-3-5-6;;;;/h4*2,4H,3H2,1H3;2*1H;;/q4*-1;;;2*+2/p-2. The molecule has 0 spiro atoms. The van der Waals surface area contributed by atoms with Crippen molar-refractivity contribution in [1.29, 1.82) is 0 Å². The van der Waals surface area contributed by atoms with Gasteiger partial charge in [-0.1, -0.05) is 27.7 Å². The fourth-order valence-electron chi connectivity index (χ4n) is 2.06. The van der Waals surface area contributed by atoms with Crippen LogP contribution >= 0.6 is 0 Å². The molecule has 0 nitrogen and oxygen atoms in total. The van der Waals surface area contributed by atoms with Crippen molar-refractivity contribution in [3.63, 3.8) is 0 Å². The summed E-state index contributed by atoms with van der Waals surface area (Å²) in [6, 6.07) is 0. The first-order valence-electron chi connectivity index (χ1n) is 8.54. The van der Waals surface area contributed by atoms with E-state index >= 15 is 0 Å². The number of halogens is 2. The van der Waals surface area contributed by atoms with Gasteiger partial charge in [0.05, 0.1) is 0 Å². The van der Waals surface area contributed by atoms with Crippen LogP contribution in [0.4, 0.5) is 0 Å². The van der Waals surface area contributed by atoms with E-state index < -0.39 is 0 Å². The van der Waals surface area contributed by atoms with E-state index in [9.17, 15) is 0 Å². The molecule has 4 rings (SSSR count). The summed E-state index contributed by atoms with van der Waals surface area (Å²) in [7, 11) is 0. The predicted octanol–water partition coefficient (Wildman–Crippen LogP) is 0.786. The Morgan fingerprint density at radius 1 is 0.464 bits per heavy atom. The molecule has 0 aromatic heterocycles. The van der Waals surface area contributed by atoms with Crippen molar-refractivity contribution < 1.29 is 77.2 Å². The molecule has 0 bridgehead atoms. The molecule has 0 aliphatic heterocycles. The van der Waals surface area contributed by atoms with Crippen LogP contribution in [0.2, 0.25) is 0 Å². The molecular formula is C24H28Cl2Zr2-2. The Morgan fingerprint density at radius 3 is 0.679 bits per heavy atom. The van der Waals surface area contributed by atoms with Crippen LogP contribution in [0.1, 0.15) is 53.4 Å². The zero-order valence-electron chi connectivity index (χ0n) is 17.2. The van der Waals surface area contributed by atoms with Gasteiger partial charge in [-0.15, -0.1) is 25.7 Å². The number of hydrogen-bond acceptors (Lipinski definition) is 0. The minimum absolute atomic E-state index is 0. The van der Waals surface area contributed by atoms with E-state index in [0.29, 0.717) is 0 Å². The third-order valence-corrected chi connectivity index (χ3v) is 3.47. The summed E-state index contributed by atoms with van der Waals surface area (Å²) < 4.78 is 0. The molecule has 4 heteroatoms. The van der Waals surface area contributed by atoms with E-state index in [0.717, 1.165) is 25.7 Å². The van der Waals surface area contributed by atoms with E-state index in [1.807, 2.05) is 0 Å². The van der Waals surface area contributed by atoms with Gasteiger partial charge in [-0.2, -0.15) is 24.3 Å². The minimum atomic E-state index is 0. The van der Waals surface area contributed by atoms with Gasteiger partial charge in [0.15, 0.2) is 0 Å². The van der Waals surface area contributed by atoms with Crippen molar-refractivity contribution in [3.8, 4) is 0 Å². The summed E-state index contributed by atoms with van der Waals surface area (Å²) >= 11 is 0. The van der Waals surface area contributed by atoms with Gasteiger partial charge in [0, 0.05) is 0 Å². The number of allylic oxidation sites excluding steroid dienone is 16. The van der Waals surface area contributed by atoms with Crippen LogP contribution < -0.4 is 24.8 Å². The average Bonchev–Trinajstić information content (AvgIpc) is 3.31. The van der Waals surface area contributed by atoms with E-state index in [4.69, 9.17) is 0 Å². The van der Waals surface area contributed by atoms with Crippen LogP contribution in [0.5, 0.6) is 0 Å². The second-order valence-electron chi connectivity index (χ2n) is 5.87. The Bertz CT molecular complexity index is 508. The van der Waals surface area contributed by atoms with E-state index in [1.54, 1.807) is 0 Å². The summed E-state index contributed by atoms with van der Waals surface area (Å²) in [4.78, 5) is 0. The third kappa shape index (κ3) is 21.0. The maximum atomic E-state index is 3.12. The van der Waals surface area contributed by atoms with Crippen LogP contribution in [0.3, 0.4) is 0 Å². The van der Waals surface area contributed by atoms with Gasteiger partial charge in [-0.05, 0) is 0 Å². The Labute approximate surface area is 223 Å². The third-order valence-electron chi connectivity index (χ3n) is 3.47. The topological polar surface area (TPSA) is 0 Å². The fourth-order valence-corrected chi connectivity index (χ4v) is 2.06. The second kappa shape index (κ2) is 23.5. The van der Waals surface area contributed by atoms with Crippen LogP contribution in [0.15, 0.2) is 70.9 Å². The van der Waals surface area contributed by atoms with Gasteiger partial charge >= 0.3 is 52.4 Å². The SMILES string of the molecule is CC1=[C-]CC=C1.CC1=[C-]CC=C1.CC1=[C-]CC=C1.CC1=[C-]CC=C1.[Cl-].[Cl-].[Zr+2].[Zr+2]. The smallest absolute Gasteiger partial charge is 1.00 e. The summed E-state index contributed by atoms with van der Waals surface area (Å²) in [5, 5.41) is 0. The zero-order valence-corrected chi connectivity index (χ0v) is 23.6. The molecule has 0 saturated heterocycles. The molecule has 0 N–H and O–H groups in total. The van der Waals surface area contributed by atoms with Crippen molar-refractivity contribution >= 4 is 0 Å². The maximum absolute atomic E-state index is 3.12. The minimum Gasteiger partial charge on any atom is -1.00 e. The van der Waals surface area contributed by atoms with Gasteiger partial charge in [0.2, 0.25) is 0 Å². The Morgan fingerprint density at radius 2 is 0.643 bits per heavy atom. The molecule has 0 radical (unpaired) electrons. The van der Waals surface area contributed by atoms with Gasteiger partial charge in [0.25, 0.3) is 0 Å². The van der Waals surface area contributed by atoms with Crippen LogP contribution in [-0.2, 0) is 52.4 Å². The average molecular weight is 570 g/mol. The van der Waals surface area contributed by atoms with Gasteiger partial charge < -0.3 is 24.8 Å². The summed E-state index contributed by atoms with van der Waals surface area (Å²) in [5.74, 6) is 0. The van der Waals surface area contributed by atoms with E-state index in [1.165, 1.54) is 22.3 Å². The summed E-state index contributed by atoms with van der Waals surface area (Å²) in [5.41, 5.74) is 5.09. The van der Waals surface area contributed by atoms with Gasteiger partial charge in [0.1, 0.15) is 0 Å². The molecule has 0 aromatic carbocycles. The second-order valence-corrected chi connectivity index (χ2v) is 5.87. The molecule has 4 aliphatic carbocycles. The first-order chi connectivity index (χ1) is 11.6. The number of rotatable bonds is 0. The van der Waals surface area contributed by atoms with Crippen LogP contribution in [-0.4, -0.2) is 0 Å². The molecule has 0 unspecified atom stereocenters. The van der Waals surface area contributed by atoms with Crippen molar-refractivity contribution in [2.45, 2.75) is 53.4 Å². The van der Waals surface area contributed by atoms with Crippen molar-refractivity contribution in [2.24, 2.45) is 0 Å². The molecule has 148 valence electrons.